The van der Waals surface area contributed by atoms with E-state index in [2.05, 4.69) is 10.1 Å². The molecule has 28 heavy (non-hydrogen) atoms. The van der Waals surface area contributed by atoms with Gasteiger partial charge in [0.1, 0.15) is 17.6 Å². The number of amides is 1. The lowest BCUT2D eigenvalue weighted by Gasteiger charge is -2.12. The summed E-state index contributed by atoms with van der Waals surface area (Å²) < 4.78 is 47.0. The average Bonchev–Trinajstić information content (AvgIpc) is 3.49. The van der Waals surface area contributed by atoms with Crippen LogP contribution in [0.25, 0.3) is 0 Å². The average molecular weight is 390 g/mol. The minimum atomic E-state index is -4.51. The van der Waals surface area contributed by atoms with E-state index in [4.69, 9.17) is 10.00 Å². The van der Waals surface area contributed by atoms with Crippen molar-refractivity contribution in [3.05, 3.63) is 53.6 Å². The molecule has 5 nitrogen and oxygen atoms in total. The zero-order chi connectivity index (χ0) is 20.1. The predicted octanol–water partition coefficient (Wildman–Crippen LogP) is 4.54. The van der Waals surface area contributed by atoms with Crippen molar-refractivity contribution in [1.82, 2.24) is 0 Å². The largest absolute Gasteiger partial charge is 0.493 e. The van der Waals surface area contributed by atoms with Crippen LogP contribution in [0.15, 0.2) is 42.5 Å². The van der Waals surface area contributed by atoms with Gasteiger partial charge in [-0.1, -0.05) is 0 Å². The zero-order valence-electron chi connectivity index (χ0n) is 14.8. The Hall–Kier alpha value is -3.21. The highest BCUT2D eigenvalue weighted by atomic mass is 19.4. The summed E-state index contributed by atoms with van der Waals surface area (Å²) in [6.07, 6.45) is -2.13. The molecule has 1 N–H and O–H groups in total. The molecule has 0 atom stereocenters. The van der Waals surface area contributed by atoms with Gasteiger partial charge in [0.2, 0.25) is 0 Å². The second-order valence-electron chi connectivity index (χ2n) is 6.46. The maximum Gasteiger partial charge on any atom is 0.422 e. The molecule has 0 unspecified atom stereocenters. The van der Waals surface area contributed by atoms with Crippen LogP contribution in [0.2, 0.25) is 0 Å². The molecule has 1 aliphatic carbocycles. The number of carbonyl (C=O) groups excluding carboxylic acids is 1. The Kier molecular flexibility index (Phi) is 5.73. The van der Waals surface area contributed by atoms with Crippen molar-refractivity contribution in [1.29, 1.82) is 5.26 Å². The van der Waals surface area contributed by atoms with Gasteiger partial charge in [-0.2, -0.15) is 18.4 Å². The Bertz CT molecular complexity index is 885. The molecule has 1 amide bonds. The molecule has 3 rings (SSSR count). The van der Waals surface area contributed by atoms with Gasteiger partial charge in [-0.3, -0.25) is 4.79 Å². The first-order valence-corrected chi connectivity index (χ1v) is 8.62. The number of ether oxygens (including phenoxy) is 2. The number of hydrogen-bond acceptors (Lipinski definition) is 4. The van der Waals surface area contributed by atoms with Crippen LogP contribution in [-0.4, -0.2) is 25.3 Å². The Balaban J connectivity index is 1.62. The van der Waals surface area contributed by atoms with Crippen LogP contribution in [-0.2, 0) is 0 Å². The Labute approximate surface area is 159 Å². The van der Waals surface area contributed by atoms with Crippen LogP contribution in [0.5, 0.6) is 11.5 Å². The fraction of sp³-hybridized carbons (Fsp3) is 0.300. The molecule has 1 aliphatic rings. The Morgan fingerprint density at radius 1 is 1.14 bits per heavy atom. The third kappa shape index (κ3) is 5.64. The summed E-state index contributed by atoms with van der Waals surface area (Å²) in [7, 11) is 0. The summed E-state index contributed by atoms with van der Waals surface area (Å²) in [6.45, 7) is -0.826. The summed E-state index contributed by atoms with van der Waals surface area (Å²) in [5.41, 5.74) is 0.551. The van der Waals surface area contributed by atoms with Gasteiger partial charge in [-0.05, 0) is 61.2 Å². The van der Waals surface area contributed by atoms with Gasteiger partial charge in [-0.25, -0.2) is 0 Å². The molecule has 0 bridgehead atoms. The molecular formula is C20H17F3N2O3. The van der Waals surface area contributed by atoms with E-state index in [1.54, 1.807) is 30.3 Å². The second-order valence-corrected chi connectivity index (χ2v) is 6.46. The lowest BCUT2D eigenvalue weighted by molar-refractivity contribution is -0.153. The number of nitriles is 1. The highest BCUT2D eigenvalue weighted by molar-refractivity contribution is 6.04. The van der Waals surface area contributed by atoms with Gasteiger partial charge in [-0.15, -0.1) is 0 Å². The van der Waals surface area contributed by atoms with E-state index in [1.807, 2.05) is 0 Å². The quantitative estimate of drug-likeness (QED) is 0.753. The van der Waals surface area contributed by atoms with Crippen molar-refractivity contribution in [2.75, 3.05) is 18.5 Å². The summed E-state index contributed by atoms with van der Waals surface area (Å²) in [5.74, 6) is 0.693. The van der Waals surface area contributed by atoms with Crippen molar-refractivity contribution in [2.24, 2.45) is 5.92 Å². The van der Waals surface area contributed by atoms with Crippen molar-refractivity contribution in [2.45, 2.75) is 19.0 Å². The van der Waals surface area contributed by atoms with E-state index < -0.39 is 18.7 Å². The number of hydrogen-bond donors (Lipinski definition) is 1. The second kappa shape index (κ2) is 8.21. The smallest absolute Gasteiger partial charge is 0.422 e. The molecule has 0 aliphatic heterocycles. The number of nitrogens with one attached hydrogen (secondary N) is 1. The minimum absolute atomic E-state index is 0.106. The lowest BCUT2D eigenvalue weighted by Crippen LogP contribution is -2.19. The third-order valence-corrected chi connectivity index (χ3v) is 4.05. The van der Waals surface area contributed by atoms with Gasteiger partial charge in [0.15, 0.2) is 6.61 Å². The van der Waals surface area contributed by atoms with Gasteiger partial charge < -0.3 is 14.8 Å². The molecule has 0 heterocycles. The van der Waals surface area contributed by atoms with E-state index in [-0.39, 0.29) is 17.0 Å². The monoisotopic (exact) mass is 390 g/mol. The fourth-order valence-electron chi connectivity index (χ4n) is 2.38. The highest BCUT2D eigenvalue weighted by Gasteiger charge is 2.29. The fourth-order valence-corrected chi connectivity index (χ4v) is 2.38. The Morgan fingerprint density at radius 3 is 2.46 bits per heavy atom. The van der Waals surface area contributed by atoms with Gasteiger partial charge in [0.05, 0.1) is 12.2 Å². The standard InChI is InChI=1S/C20H17F3N2O3/c21-20(22,23)12-28-18-8-5-16(9-15(18)10-24)25-19(26)14-3-6-17(7-4-14)27-11-13-1-2-13/h3-9,13H,1-2,11-12H2,(H,25,26). The van der Waals surface area contributed by atoms with E-state index in [0.29, 0.717) is 23.8 Å². The summed E-state index contributed by atoms with van der Waals surface area (Å²) >= 11 is 0. The van der Waals surface area contributed by atoms with Gasteiger partial charge in [0.25, 0.3) is 5.91 Å². The van der Waals surface area contributed by atoms with E-state index in [1.165, 1.54) is 31.0 Å². The number of carbonyl (C=O) groups is 1. The van der Waals surface area contributed by atoms with Crippen molar-refractivity contribution < 1.29 is 27.4 Å². The SMILES string of the molecule is N#Cc1cc(NC(=O)c2ccc(OCC3CC3)cc2)ccc1OCC(F)(F)F. The maximum absolute atomic E-state index is 12.3. The topological polar surface area (TPSA) is 71.4 Å². The van der Waals surface area contributed by atoms with Crippen LogP contribution in [0.3, 0.4) is 0 Å². The van der Waals surface area contributed by atoms with Crippen LogP contribution in [0, 0.1) is 17.2 Å². The number of nitrogens with zero attached hydrogens (tertiary/aromatic N) is 1. The summed E-state index contributed by atoms with van der Waals surface area (Å²) in [4.78, 5) is 12.3. The molecule has 0 spiro atoms. The summed E-state index contributed by atoms with van der Waals surface area (Å²) in [6, 6.07) is 12.2. The number of rotatable bonds is 7. The molecule has 2 aromatic rings. The van der Waals surface area contributed by atoms with Gasteiger partial charge >= 0.3 is 6.18 Å². The first-order chi connectivity index (χ1) is 13.3. The molecule has 2 aromatic carbocycles. The van der Waals surface area contributed by atoms with E-state index in [9.17, 15) is 18.0 Å². The molecule has 8 heteroatoms. The molecular weight excluding hydrogens is 373 g/mol. The van der Waals surface area contributed by atoms with Crippen molar-refractivity contribution in [3.8, 4) is 17.6 Å². The number of alkyl halides is 3. The minimum Gasteiger partial charge on any atom is -0.493 e. The lowest BCUT2D eigenvalue weighted by atomic mass is 10.1. The maximum atomic E-state index is 12.3. The molecule has 0 aromatic heterocycles. The van der Waals surface area contributed by atoms with Crippen LogP contribution >= 0.6 is 0 Å². The third-order valence-electron chi connectivity index (χ3n) is 4.05. The first-order valence-electron chi connectivity index (χ1n) is 8.62. The van der Waals surface area contributed by atoms with Crippen LogP contribution in [0.1, 0.15) is 28.8 Å². The zero-order valence-corrected chi connectivity index (χ0v) is 14.8. The molecule has 1 saturated carbocycles. The highest BCUT2D eigenvalue weighted by Crippen LogP contribution is 2.29. The van der Waals surface area contributed by atoms with Crippen LogP contribution in [0.4, 0.5) is 18.9 Å². The van der Waals surface area contributed by atoms with Crippen molar-refractivity contribution in [3.63, 3.8) is 0 Å². The molecule has 0 saturated heterocycles. The van der Waals surface area contributed by atoms with E-state index >= 15 is 0 Å². The summed E-state index contributed by atoms with van der Waals surface area (Å²) in [5, 5.41) is 11.7. The first kappa shape index (κ1) is 19.5. The number of anilines is 1. The molecule has 0 radical (unpaired) electrons. The Morgan fingerprint density at radius 2 is 1.86 bits per heavy atom. The number of benzene rings is 2. The molecule has 1 fully saturated rings. The van der Waals surface area contributed by atoms with Gasteiger partial charge in [0, 0.05) is 11.3 Å². The number of halogens is 3. The van der Waals surface area contributed by atoms with Crippen molar-refractivity contribution >= 4 is 11.6 Å². The van der Waals surface area contributed by atoms with Crippen LogP contribution < -0.4 is 14.8 Å². The predicted molar refractivity (Wildman–Crippen MR) is 95.3 cm³/mol. The molecule has 146 valence electrons. The normalized spacial score (nSPS) is 13.5. The van der Waals surface area contributed by atoms with E-state index in [0.717, 1.165) is 0 Å².